The van der Waals surface area contributed by atoms with Gasteiger partial charge in [0.15, 0.2) is 0 Å². The second-order valence-corrected chi connectivity index (χ2v) is 4.51. The SMILES string of the molecule is CCCn1ccc(CNc2ccc(OC(F)F)cc2)c1. The highest BCUT2D eigenvalue weighted by atomic mass is 19.3. The molecule has 0 atom stereocenters. The maximum Gasteiger partial charge on any atom is 0.387 e. The van der Waals surface area contributed by atoms with E-state index in [9.17, 15) is 8.78 Å². The summed E-state index contributed by atoms with van der Waals surface area (Å²) in [5, 5.41) is 3.24. The maximum absolute atomic E-state index is 12.0. The molecule has 0 aliphatic carbocycles. The first kappa shape index (κ1) is 14.4. The first-order valence-corrected chi connectivity index (χ1v) is 6.61. The van der Waals surface area contributed by atoms with Crippen LogP contribution >= 0.6 is 0 Å². The average molecular weight is 280 g/mol. The third-order valence-electron chi connectivity index (χ3n) is 2.87. The van der Waals surface area contributed by atoms with E-state index in [0.717, 1.165) is 18.7 Å². The van der Waals surface area contributed by atoms with E-state index in [-0.39, 0.29) is 5.75 Å². The number of halogens is 2. The zero-order valence-electron chi connectivity index (χ0n) is 11.4. The van der Waals surface area contributed by atoms with Gasteiger partial charge in [-0.3, -0.25) is 0 Å². The quantitative estimate of drug-likeness (QED) is 0.826. The van der Waals surface area contributed by atoms with Crippen molar-refractivity contribution in [2.45, 2.75) is 33.0 Å². The highest BCUT2D eigenvalue weighted by Gasteiger charge is 2.03. The molecule has 2 aromatic rings. The molecule has 0 saturated heterocycles. The Labute approximate surface area is 117 Å². The number of aryl methyl sites for hydroxylation is 1. The lowest BCUT2D eigenvalue weighted by atomic mass is 10.3. The summed E-state index contributed by atoms with van der Waals surface area (Å²) in [6.45, 7) is 1.07. The fourth-order valence-electron chi connectivity index (χ4n) is 1.95. The van der Waals surface area contributed by atoms with Gasteiger partial charge in [0, 0.05) is 31.2 Å². The average Bonchev–Trinajstić information content (AvgIpc) is 2.86. The number of aromatic nitrogens is 1. The van der Waals surface area contributed by atoms with Gasteiger partial charge in [-0.1, -0.05) is 6.92 Å². The third kappa shape index (κ3) is 4.26. The van der Waals surface area contributed by atoms with Crippen LogP contribution in [0.1, 0.15) is 18.9 Å². The monoisotopic (exact) mass is 280 g/mol. The summed E-state index contributed by atoms with van der Waals surface area (Å²) in [5.41, 5.74) is 2.06. The van der Waals surface area contributed by atoms with E-state index in [2.05, 4.69) is 40.0 Å². The van der Waals surface area contributed by atoms with Crippen molar-refractivity contribution in [3.05, 3.63) is 48.3 Å². The first-order valence-electron chi connectivity index (χ1n) is 6.61. The minimum Gasteiger partial charge on any atom is -0.435 e. The molecule has 1 N–H and O–H groups in total. The number of anilines is 1. The van der Waals surface area contributed by atoms with Crippen molar-refractivity contribution in [1.29, 1.82) is 0 Å². The number of alkyl halides is 2. The first-order chi connectivity index (χ1) is 9.67. The molecular formula is C15H18F2N2O. The van der Waals surface area contributed by atoms with Crippen LogP contribution in [0.25, 0.3) is 0 Å². The smallest absolute Gasteiger partial charge is 0.387 e. The maximum atomic E-state index is 12.0. The second-order valence-electron chi connectivity index (χ2n) is 4.51. The van der Waals surface area contributed by atoms with Gasteiger partial charge in [0.2, 0.25) is 0 Å². The molecule has 2 rings (SSSR count). The Morgan fingerprint density at radius 3 is 2.60 bits per heavy atom. The van der Waals surface area contributed by atoms with Gasteiger partial charge in [-0.2, -0.15) is 8.78 Å². The van der Waals surface area contributed by atoms with Crippen LogP contribution in [0, 0.1) is 0 Å². The topological polar surface area (TPSA) is 26.2 Å². The number of hydrogen-bond donors (Lipinski definition) is 1. The van der Waals surface area contributed by atoms with Gasteiger partial charge in [0.25, 0.3) is 0 Å². The van der Waals surface area contributed by atoms with Crippen molar-refractivity contribution in [2.75, 3.05) is 5.32 Å². The molecule has 5 heteroatoms. The van der Waals surface area contributed by atoms with Gasteiger partial charge < -0.3 is 14.6 Å². The van der Waals surface area contributed by atoms with E-state index in [1.807, 2.05) is 0 Å². The van der Waals surface area contributed by atoms with E-state index in [1.165, 1.54) is 17.7 Å². The number of nitrogens with one attached hydrogen (secondary N) is 1. The van der Waals surface area contributed by atoms with E-state index < -0.39 is 6.61 Å². The standard InChI is InChI=1S/C15H18F2N2O/c1-2-8-19-9-7-12(11-19)10-18-13-3-5-14(6-4-13)20-15(16)17/h3-7,9,11,15,18H,2,8,10H2,1H3. The fourth-order valence-corrected chi connectivity index (χ4v) is 1.95. The molecule has 0 radical (unpaired) electrons. The van der Waals surface area contributed by atoms with Crippen LogP contribution in [0.2, 0.25) is 0 Å². The summed E-state index contributed by atoms with van der Waals surface area (Å²) >= 11 is 0. The highest BCUT2D eigenvalue weighted by molar-refractivity contribution is 5.46. The molecule has 0 aliphatic rings. The highest BCUT2D eigenvalue weighted by Crippen LogP contribution is 2.18. The molecule has 0 amide bonds. The molecule has 1 aromatic carbocycles. The molecule has 0 saturated carbocycles. The molecule has 108 valence electrons. The summed E-state index contributed by atoms with van der Waals surface area (Å²) in [7, 11) is 0. The zero-order chi connectivity index (χ0) is 14.4. The van der Waals surface area contributed by atoms with Crippen LogP contribution in [0.15, 0.2) is 42.7 Å². The Hall–Kier alpha value is -2.04. The van der Waals surface area contributed by atoms with Crippen molar-refractivity contribution in [3.8, 4) is 5.75 Å². The Bertz CT molecular complexity index is 523. The van der Waals surface area contributed by atoms with Gasteiger partial charge in [0.1, 0.15) is 5.75 Å². The lowest BCUT2D eigenvalue weighted by Crippen LogP contribution is -2.02. The van der Waals surface area contributed by atoms with Crippen LogP contribution < -0.4 is 10.1 Å². The van der Waals surface area contributed by atoms with Crippen molar-refractivity contribution in [3.63, 3.8) is 0 Å². The lowest BCUT2D eigenvalue weighted by molar-refractivity contribution is -0.0498. The van der Waals surface area contributed by atoms with Crippen molar-refractivity contribution in [2.24, 2.45) is 0 Å². The predicted octanol–water partition coefficient (Wildman–Crippen LogP) is 4.11. The van der Waals surface area contributed by atoms with Gasteiger partial charge in [-0.25, -0.2) is 0 Å². The minimum absolute atomic E-state index is 0.166. The second kappa shape index (κ2) is 6.93. The van der Waals surface area contributed by atoms with E-state index in [0.29, 0.717) is 6.54 Å². The number of nitrogens with zero attached hydrogens (tertiary/aromatic N) is 1. The Morgan fingerprint density at radius 2 is 1.95 bits per heavy atom. The summed E-state index contributed by atoms with van der Waals surface area (Å²) in [6, 6.07) is 8.56. The molecule has 0 bridgehead atoms. The van der Waals surface area contributed by atoms with E-state index in [1.54, 1.807) is 12.1 Å². The van der Waals surface area contributed by atoms with Crippen molar-refractivity contribution in [1.82, 2.24) is 4.57 Å². The number of ether oxygens (including phenoxy) is 1. The Balaban J connectivity index is 1.86. The summed E-state index contributed by atoms with van der Waals surface area (Å²) < 4.78 is 30.5. The summed E-state index contributed by atoms with van der Waals surface area (Å²) in [5.74, 6) is 0.166. The van der Waals surface area contributed by atoms with Crippen LogP contribution in [-0.2, 0) is 13.1 Å². The van der Waals surface area contributed by atoms with Crippen LogP contribution in [-0.4, -0.2) is 11.2 Å². The van der Waals surface area contributed by atoms with Crippen molar-refractivity contribution >= 4 is 5.69 Å². The lowest BCUT2D eigenvalue weighted by Gasteiger charge is -2.07. The molecule has 1 heterocycles. The van der Waals surface area contributed by atoms with Gasteiger partial charge in [-0.15, -0.1) is 0 Å². The fraction of sp³-hybridized carbons (Fsp3) is 0.333. The van der Waals surface area contributed by atoms with Crippen LogP contribution in [0.4, 0.5) is 14.5 Å². The minimum atomic E-state index is -2.79. The van der Waals surface area contributed by atoms with E-state index in [4.69, 9.17) is 0 Å². The van der Waals surface area contributed by atoms with Crippen LogP contribution in [0.3, 0.4) is 0 Å². The largest absolute Gasteiger partial charge is 0.435 e. The Kier molecular flexibility index (Phi) is 4.98. The molecule has 0 unspecified atom stereocenters. The molecule has 1 aromatic heterocycles. The van der Waals surface area contributed by atoms with Gasteiger partial charge in [0.05, 0.1) is 0 Å². The number of rotatable bonds is 7. The van der Waals surface area contributed by atoms with Gasteiger partial charge in [-0.05, 0) is 42.3 Å². The van der Waals surface area contributed by atoms with Gasteiger partial charge >= 0.3 is 6.61 Å². The van der Waals surface area contributed by atoms with Crippen LogP contribution in [0.5, 0.6) is 5.75 Å². The molecule has 3 nitrogen and oxygen atoms in total. The third-order valence-corrected chi connectivity index (χ3v) is 2.87. The predicted molar refractivity (Wildman–Crippen MR) is 75.1 cm³/mol. The molecule has 0 spiro atoms. The number of benzene rings is 1. The zero-order valence-corrected chi connectivity index (χ0v) is 11.4. The van der Waals surface area contributed by atoms with E-state index >= 15 is 0 Å². The normalized spacial score (nSPS) is 10.8. The summed E-state index contributed by atoms with van der Waals surface area (Å²) in [6.07, 6.45) is 5.26. The molecular weight excluding hydrogens is 262 g/mol. The molecule has 0 fully saturated rings. The number of hydrogen-bond acceptors (Lipinski definition) is 2. The Morgan fingerprint density at radius 1 is 1.20 bits per heavy atom. The molecule has 20 heavy (non-hydrogen) atoms. The molecule has 0 aliphatic heterocycles. The van der Waals surface area contributed by atoms with Crippen molar-refractivity contribution < 1.29 is 13.5 Å². The summed E-state index contributed by atoms with van der Waals surface area (Å²) in [4.78, 5) is 0.